The summed E-state index contributed by atoms with van der Waals surface area (Å²) in [7, 11) is 0. The zero-order valence-corrected chi connectivity index (χ0v) is 11.8. The summed E-state index contributed by atoms with van der Waals surface area (Å²) in [6, 6.07) is 7.18. The average Bonchev–Trinajstić information content (AvgIpc) is 2.38. The van der Waals surface area contributed by atoms with E-state index in [9.17, 15) is 10.1 Å². The molecule has 6 heteroatoms. The van der Waals surface area contributed by atoms with Crippen molar-refractivity contribution in [3.8, 4) is 0 Å². The Morgan fingerprint density at radius 3 is 2.79 bits per heavy atom. The van der Waals surface area contributed by atoms with Gasteiger partial charge in [-0.05, 0) is 26.3 Å². The van der Waals surface area contributed by atoms with E-state index in [1.165, 1.54) is 0 Å². The first kappa shape index (κ1) is 15.9. The van der Waals surface area contributed by atoms with E-state index < -0.39 is 0 Å². The molecule has 19 heavy (non-hydrogen) atoms. The second kappa shape index (κ2) is 6.84. The largest absolute Gasteiger partial charge is 0.327 e. The lowest BCUT2D eigenvalue weighted by Crippen LogP contribution is -2.43. The molecular weight excluding hydrogens is 266 g/mol. The Morgan fingerprint density at radius 1 is 1.47 bits per heavy atom. The standard InChI is InChI=1S/C13H19N3O2.ClH/c1-10(15-8-4-5-11(14)9-15)12-6-2-3-7-13(12)16(17)18;/h2-3,6-7,10-11H,4-5,8-9,14H2,1H3;1H. The Kier molecular flexibility index (Phi) is 5.72. The minimum Gasteiger partial charge on any atom is -0.327 e. The summed E-state index contributed by atoms with van der Waals surface area (Å²) in [4.78, 5) is 13.0. The Balaban J connectivity index is 0.00000180. The molecule has 0 saturated carbocycles. The molecule has 1 saturated heterocycles. The van der Waals surface area contributed by atoms with Crippen molar-refractivity contribution in [1.29, 1.82) is 0 Å². The van der Waals surface area contributed by atoms with Gasteiger partial charge in [0, 0.05) is 30.3 Å². The number of nitro groups is 1. The van der Waals surface area contributed by atoms with E-state index in [1.807, 2.05) is 19.1 Å². The first-order chi connectivity index (χ1) is 8.59. The molecule has 0 spiro atoms. The summed E-state index contributed by atoms with van der Waals surface area (Å²) >= 11 is 0. The van der Waals surface area contributed by atoms with Gasteiger partial charge in [0.25, 0.3) is 5.69 Å². The fourth-order valence-electron chi connectivity index (χ4n) is 2.60. The van der Waals surface area contributed by atoms with Crippen LogP contribution >= 0.6 is 12.4 Å². The van der Waals surface area contributed by atoms with Gasteiger partial charge in [0.15, 0.2) is 0 Å². The fraction of sp³-hybridized carbons (Fsp3) is 0.538. The highest BCUT2D eigenvalue weighted by atomic mass is 35.5. The van der Waals surface area contributed by atoms with Crippen LogP contribution in [0.15, 0.2) is 24.3 Å². The number of hydrogen-bond acceptors (Lipinski definition) is 4. The van der Waals surface area contributed by atoms with Gasteiger partial charge in [-0.15, -0.1) is 12.4 Å². The molecule has 2 atom stereocenters. The van der Waals surface area contributed by atoms with E-state index in [4.69, 9.17) is 5.73 Å². The third-order valence-electron chi connectivity index (χ3n) is 3.62. The zero-order valence-electron chi connectivity index (χ0n) is 11.0. The number of piperidine rings is 1. The van der Waals surface area contributed by atoms with Crippen LogP contribution in [0.3, 0.4) is 0 Å². The van der Waals surface area contributed by atoms with Gasteiger partial charge in [0.2, 0.25) is 0 Å². The van der Waals surface area contributed by atoms with E-state index >= 15 is 0 Å². The van der Waals surface area contributed by atoms with Crippen molar-refractivity contribution in [1.82, 2.24) is 4.90 Å². The Labute approximate surface area is 119 Å². The third-order valence-corrected chi connectivity index (χ3v) is 3.62. The van der Waals surface area contributed by atoms with Crippen LogP contribution in [0.4, 0.5) is 5.69 Å². The maximum atomic E-state index is 11.0. The van der Waals surface area contributed by atoms with Gasteiger partial charge in [-0.1, -0.05) is 18.2 Å². The molecule has 2 rings (SSSR count). The first-order valence-corrected chi connectivity index (χ1v) is 6.32. The maximum Gasteiger partial charge on any atom is 0.274 e. The number of rotatable bonds is 3. The molecular formula is C13H20ClN3O2. The summed E-state index contributed by atoms with van der Waals surface area (Å²) in [6.45, 7) is 3.79. The van der Waals surface area contributed by atoms with Crippen LogP contribution in [0.2, 0.25) is 0 Å². The minimum absolute atomic E-state index is 0. The number of nitrogens with two attached hydrogens (primary N) is 1. The smallest absolute Gasteiger partial charge is 0.274 e. The summed E-state index contributed by atoms with van der Waals surface area (Å²) in [5.41, 5.74) is 6.94. The fourth-order valence-corrected chi connectivity index (χ4v) is 2.60. The molecule has 2 unspecified atom stereocenters. The molecule has 1 aliphatic heterocycles. The van der Waals surface area contributed by atoms with Crippen molar-refractivity contribution in [3.63, 3.8) is 0 Å². The topological polar surface area (TPSA) is 72.4 Å². The van der Waals surface area contributed by atoms with Gasteiger partial charge < -0.3 is 5.73 Å². The summed E-state index contributed by atoms with van der Waals surface area (Å²) in [5, 5.41) is 11.0. The van der Waals surface area contributed by atoms with E-state index in [2.05, 4.69) is 4.90 Å². The van der Waals surface area contributed by atoms with Crippen molar-refractivity contribution in [3.05, 3.63) is 39.9 Å². The highest BCUT2D eigenvalue weighted by Gasteiger charge is 2.26. The van der Waals surface area contributed by atoms with Crippen molar-refractivity contribution in [2.75, 3.05) is 13.1 Å². The van der Waals surface area contributed by atoms with Gasteiger partial charge >= 0.3 is 0 Å². The molecule has 1 aliphatic rings. The molecule has 0 bridgehead atoms. The van der Waals surface area contributed by atoms with Crippen LogP contribution in [0, 0.1) is 10.1 Å². The number of nitro benzene ring substituents is 1. The van der Waals surface area contributed by atoms with Crippen LogP contribution in [0.1, 0.15) is 31.4 Å². The Bertz CT molecular complexity index is 442. The summed E-state index contributed by atoms with van der Waals surface area (Å²) in [5.74, 6) is 0. The molecule has 5 nitrogen and oxygen atoms in total. The van der Waals surface area contributed by atoms with Crippen molar-refractivity contribution < 1.29 is 4.92 Å². The summed E-state index contributed by atoms with van der Waals surface area (Å²) in [6.07, 6.45) is 2.10. The highest BCUT2D eigenvalue weighted by molar-refractivity contribution is 5.85. The first-order valence-electron chi connectivity index (χ1n) is 6.32. The SMILES string of the molecule is CC(c1ccccc1[N+](=O)[O-])N1CCCC(N)C1.Cl. The van der Waals surface area contributed by atoms with Gasteiger partial charge in [-0.2, -0.15) is 0 Å². The molecule has 0 aliphatic carbocycles. The summed E-state index contributed by atoms with van der Waals surface area (Å²) < 4.78 is 0. The van der Waals surface area contributed by atoms with E-state index in [-0.39, 0.29) is 35.1 Å². The minimum atomic E-state index is -0.310. The predicted molar refractivity (Wildman–Crippen MR) is 77.5 cm³/mol. The van der Waals surface area contributed by atoms with Crippen molar-refractivity contribution in [2.24, 2.45) is 5.73 Å². The molecule has 0 aromatic heterocycles. The lowest BCUT2D eigenvalue weighted by molar-refractivity contribution is -0.386. The average molecular weight is 286 g/mol. The quantitative estimate of drug-likeness (QED) is 0.684. The van der Waals surface area contributed by atoms with Crippen LogP contribution in [0.25, 0.3) is 0 Å². The monoisotopic (exact) mass is 285 g/mol. The molecule has 1 aromatic rings. The van der Waals surface area contributed by atoms with E-state index in [0.29, 0.717) is 0 Å². The number of halogens is 1. The Morgan fingerprint density at radius 2 is 2.16 bits per heavy atom. The number of likely N-dealkylation sites (tertiary alicyclic amines) is 1. The molecule has 1 aromatic carbocycles. The lowest BCUT2D eigenvalue weighted by atomic mass is 10.00. The maximum absolute atomic E-state index is 11.0. The van der Waals surface area contributed by atoms with Gasteiger partial charge in [0.1, 0.15) is 0 Å². The van der Waals surface area contributed by atoms with Gasteiger partial charge in [-0.3, -0.25) is 15.0 Å². The van der Waals surface area contributed by atoms with Crippen LogP contribution in [-0.4, -0.2) is 29.0 Å². The predicted octanol–water partition coefficient (Wildman–Crippen LogP) is 2.50. The van der Waals surface area contributed by atoms with Crippen molar-refractivity contribution in [2.45, 2.75) is 31.8 Å². The second-order valence-electron chi connectivity index (χ2n) is 4.89. The molecule has 2 N–H and O–H groups in total. The molecule has 1 fully saturated rings. The van der Waals surface area contributed by atoms with Crippen LogP contribution in [-0.2, 0) is 0 Å². The normalized spacial score (nSPS) is 21.5. The van der Waals surface area contributed by atoms with Gasteiger partial charge in [-0.25, -0.2) is 0 Å². The van der Waals surface area contributed by atoms with Crippen molar-refractivity contribution >= 4 is 18.1 Å². The van der Waals surface area contributed by atoms with Crippen LogP contribution in [0.5, 0.6) is 0 Å². The van der Waals surface area contributed by atoms with Gasteiger partial charge in [0.05, 0.1) is 4.92 Å². The number of hydrogen-bond donors (Lipinski definition) is 1. The lowest BCUT2D eigenvalue weighted by Gasteiger charge is -2.35. The molecule has 1 heterocycles. The number of para-hydroxylation sites is 1. The second-order valence-corrected chi connectivity index (χ2v) is 4.89. The zero-order chi connectivity index (χ0) is 13.1. The number of nitrogens with zero attached hydrogens (tertiary/aromatic N) is 2. The van der Waals surface area contributed by atoms with E-state index in [1.54, 1.807) is 12.1 Å². The van der Waals surface area contributed by atoms with E-state index in [0.717, 1.165) is 31.5 Å². The highest BCUT2D eigenvalue weighted by Crippen LogP contribution is 2.30. The third kappa shape index (κ3) is 3.65. The number of benzene rings is 1. The van der Waals surface area contributed by atoms with Crippen LogP contribution < -0.4 is 5.73 Å². The Hall–Kier alpha value is -1.17. The molecule has 0 radical (unpaired) electrons. The molecule has 0 amide bonds. The molecule has 106 valence electrons.